The molecule has 1 heterocycles. The smallest absolute Gasteiger partial charge is 0.279 e. The maximum atomic E-state index is 12.7. The summed E-state index contributed by atoms with van der Waals surface area (Å²) in [5, 5.41) is 0. The van der Waals surface area contributed by atoms with Crippen molar-refractivity contribution in [2.24, 2.45) is 12.0 Å². The van der Waals surface area contributed by atoms with Crippen LogP contribution in [0.2, 0.25) is 0 Å². The van der Waals surface area contributed by atoms with Crippen molar-refractivity contribution in [3.05, 3.63) is 57.9 Å². The molecule has 0 aliphatic heterocycles. The summed E-state index contributed by atoms with van der Waals surface area (Å²) in [5.74, 6) is -0.400. The minimum Gasteiger partial charge on any atom is -0.319 e. The highest BCUT2D eigenvalue weighted by atomic mass is 32.2. The van der Waals surface area contributed by atoms with Crippen LogP contribution in [0.3, 0.4) is 0 Å². The van der Waals surface area contributed by atoms with Crippen molar-refractivity contribution in [1.82, 2.24) is 8.87 Å². The third-order valence-corrected chi connectivity index (χ3v) is 8.27. The molecule has 0 atom stereocenters. The third kappa shape index (κ3) is 4.05. The Kier molecular flexibility index (Phi) is 5.80. The van der Waals surface area contributed by atoms with E-state index in [4.69, 9.17) is 0 Å². The van der Waals surface area contributed by atoms with Crippen molar-refractivity contribution in [2.45, 2.75) is 38.6 Å². The van der Waals surface area contributed by atoms with Crippen molar-refractivity contribution >= 4 is 37.5 Å². The van der Waals surface area contributed by atoms with E-state index in [-0.39, 0.29) is 10.9 Å². The maximum Gasteiger partial charge on any atom is 0.279 e. The predicted octanol–water partition coefficient (Wildman–Crippen LogP) is 3.63. The normalized spacial score (nSPS) is 13.0. The molecule has 0 bridgehead atoms. The van der Waals surface area contributed by atoms with Crippen molar-refractivity contribution in [1.29, 1.82) is 0 Å². The highest BCUT2D eigenvalue weighted by molar-refractivity contribution is 7.89. The van der Waals surface area contributed by atoms with Gasteiger partial charge in [-0.3, -0.25) is 4.79 Å². The molecule has 0 aliphatic rings. The molecular formula is C21H25N3O3S2. The zero-order valence-electron chi connectivity index (χ0n) is 17.4. The minimum absolute atomic E-state index is 0.156. The number of rotatable bonds is 4. The Morgan fingerprint density at radius 2 is 1.76 bits per heavy atom. The van der Waals surface area contributed by atoms with E-state index in [9.17, 15) is 13.2 Å². The van der Waals surface area contributed by atoms with Crippen LogP contribution in [0.25, 0.3) is 10.2 Å². The van der Waals surface area contributed by atoms with Gasteiger partial charge in [0, 0.05) is 25.7 Å². The second-order valence-corrected chi connectivity index (χ2v) is 10.4. The summed E-state index contributed by atoms with van der Waals surface area (Å²) in [7, 11) is -0.152. The number of thiazole rings is 1. The molecule has 0 N–H and O–H groups in total. The lowest BCUT2D eigenvalue weighted by Gasteiger charge is -2.20. The lowest BCUT2D eigenvalue weighted by Crippen LogP contribution is -2.33. The molecule has 3 rings (SSSR count). The van der Waals surface area contributed by atoms with E-state index < -0.39 is 15.9 Å². The van der Waals surface area contributed by atoms with E-state index in [1.54, 1.807) is 7.05 Å². The number of nitrogens with zero attached hydrogens (tertiary/aromatic N) is 3. The number of hydrogen-bond donors (Lipinski definition) is 0. The molecular weight excluding hydrogens is 406 g/mol. The standard InChI is InChI=1S/C21H25N3O3S2/c1-13(2)24(6)29(26,27)17-9-7-16(8-10-17)20(25)22-21-23(5)18-12-14(3)11-15(4)19(18)28-21/h7-13H,1-6H3. The molecule has 0 unspecified atom stereocenters. The number of carbonyl (C=O) groups is 1. The van der Waals surface area contributed by atoms with Gasteiger partial charge in [0.25, 0.3) is 5.91 Å². The molecule has 1 aromatic heterocycles. The summed E-state index contributed by atoms with van der Waals surface area (Å²) in [4.78, 5) is 17.7. The van der Waals surface area contributed by atoms with Gasteiger partial charge in [0.15, 0.2) is 4.80 Å². The maximum absolute atomic E-state index is 12.7. The molecule has 0 aliphatic carbocycles. The number of hydrogen-bond acceptors (Lipinski definition) is 4. The van der Waals surface area contributed by atoms with E-state index in [1.165, 1.54) is 39.9 Å². The largest absolute Gasteiger partial charge is 0.319 e. The molecule has 0 spiro atoms. The highest BCUT2D eigenvalue weighted by Crippen LogP contribution is 2.23. The molecule has 29 heavy (non-hydrogen) atoms. The van der Waals surface area contributed by atoms with Crippen molar-refractivity contribution in [2.75, 3.05) is 7.05 Å². The Hall–Kier alpha value is -2.29. The molecule has 3 aromatic rings. The molecule has 6 nitrogen and oxygen atoms in total. The number of aryl methyl sites for hydroxylation is 3. The lowest BCUT2D eigenvalue weighted by atomic mass is 10.1. The number of amides is 1. The summed E-state index contributed by atoms with van der Waals surface area (Å²) >= 11 is 1.47. The van der Waals surface area contributed by atoms with Gasteiger partial charge in [-0.2, -0.15) is 9.30 Å². The van der Waals surface area contributed by atoms with Crippen LogP contribution in [-0.2, 0) is 17.1 Å². The van der Waals surface area contributed by atoms with Crippen LogP contribution in [0.5, 0.6) is 0 Å². The zero-order chi connectivity index (χ0) is 21.5. The number of carbonyl (C=O) groups excluding carboxylic acids is 1. The lowest BCUT2D eigenvalue weighted by molar-refractivity contribution is 0.0998. The zero-order valence-corrected chi connectivity index (χ0v) is 19.1. The average molecular weight is 432 g/mol. The van der Waals surface area contributed by atoms with Crippen LogP contribution in [0, 0.1) is 13.8 Å². The number of aromatic nitrogens is 1. The van der Waals surface area contributed by atoms with Crippen LogP contribution >= 0.6 is 11.3 Å². The molecule has 0 saturated carbocycles. The van der Waals surface area contributed by atoms with E-state index in [1.807, 2.05) is 39.3 Å². The van der Waals surface area contributed by atoms with E-state index in [0.29, 0.717) is 10.4 Å². The van der Waals surface area contributed by atoms with Gasteiger partial charge < -0.3 is 4.57 Å². The van der Waals surface area contributed by atoms with Crippen LogP contribution in [-0.4, -0.2) is 36.3 Å². The molecule has 8 heteroatoms. The van der Waals surface area contributed by atoms with Gasteiger partial charge in [0.2, 0.25) is 10.0 Å². The minimum atomic E-state index is -3.58. The van der Waals surface area contributed by atoms with Gasteiger partial charge in [0.1, 0.15) is 0 Å². The Morgan fingerprint density at radius 1 is 1.14 bits per heavy atom. The third-order valence-electron chi connectivity index (χ3n) is 4.94. The first-order chi connectivity index (χ1) is 13.5. The number of sulfonamides is 1. The van der Waals surface area contributed by atoms with Gasteiger partial charge in [-0.1, -0.05) is 17.4 Å². The van der Waals surface area contributed by atoms with E-state index in [2.05, 4.69) is 17.1 Å². The fourth-order valence-corrected chi connectivity index (χ4v) is 5.47. The summed E-state index contributed by atoms with van der Waals surface area (Å²) < 4.78 is 29.4. The van der Waals surface area contributed by atoms with E-state index in [0.717, 1.165) is 21.3 Å². The van der Waals surface area contributed by atoms with Crippen LogP contribution in [0.4, 0.5) is 0 Å². The summed E-state index contributed by atoms with van der Waals surface area (Å²) in [6.45, 7) is 7.70. The summed E-state index contributed by atoms with van der Waals surface area (Å²) in [5.41, 5.74) is 3.70. The molecule has 0 saturated heterocycles. The fourth-order valence-electron chi connectivity index (χ4n) is 3.04. The Balaban J connectivity index is 1.97. The Bertz CT molecular complexity index is 1250. The van der Waals surface area contributed by atoms with Gasteiger partial charge in [0.05, 0.1) is 15.1 Å². The second-order valence-electron chi connectivity index (χ2n) is 7.43. The SMILES string of the molecule is Cc1cc(C)c2sc(=NC(=O)c3ccc(S(=O)(=O)N(C)C(C)C)cc3)n(C)c2c1. The summed E-state index contributed by atoms with van der Waals surface area (Å²) in [6, 6.07) is 9.96. The fraction of sp³-hybridized carbons (Fsp3) is 0.333. The first-order valence-corrected chi connectivity index (χ1v) is 11.5. The van der Waals surface area contributed by atoms with Gasteiger partial charge in [-0.05, 0) is 69.2 Å². The first-order valence-electron chi connectivity index (χ1n) is 9.26. The van der Waals surface area contributed by atoms with Gasteiger partial charge in [-0.15, -0.1) is 0 Å². The van der Waals surface area contributed by atoms with Crippen LogP contribution in [0.15, 0.2) is 46.3 Å². The van der Waals surface area contributed by atoms with Crippen LogP contribution < -0.4 is 4.80 Å². The van der Waals surface area contributed by atoms with Crippen molar-refractivity contribution < 1.29 is 13.2 Å². The van der Waals surface area contributed by atoms with Crippen molar-refractivity contribution in [3.63, 3.8) is 0 Å². The average Bonchev–Trinajstić information content (AvgIpc) is 2.97. The predicted molar refractivity (Wildman–Crippen MR) is 117 cm³/mol. The number of benzene rings is 2. The Labute approximate surface area is 175 Å². The van der Waals surface area contributed by atoms with Crippen molar-refractivity contribution in [3.8, 4) is 0 Å². The molecule has 2 aromatic carbocycles. The second kappa shape index (κ2) is 7.85. The number of fused-ring (bicyclic) bond motifs is 1. The van der Waals surface area contributed by atoms with Gasteiger partial charge in [-0.25, -0.2) is 8.42 Å². The topological polar surface area (TPSA) is 71.7 Å². The molecule has 1 amide bonds. The van der Waals surface area contributed by atoms with E-state index >= 15 is 0 Å². The molecule has 0 radical (unpaired) electrons. The van der Waals surface area contributed by atoms with Crippen LogP contribution in [0.1, 0.15) is 35.3 Å². The highest BCUT2D eigenvalue weighted by Gasteiger charge is 2.23. The quantitative estimate of drug-likeness (QED) is 0.633. The Morgan fingerprint density at radius 3 is 2.34 bits per heavy atom. The molecule has 154 valence electrons. The van der Waals surface area contributed by atoms with Gasteiger partial charge >= 0.3 is 0 Å². The molecule has 0 fully saturated rings. The first kappa shape index (κ1) is 21.4. The monoisotopic (exact) mass is 431 g/mol. The summed E-state index contributed by atoms with van der Waals surface area (Å²) in [6.07, 6.45) is 0.